The van der Waals surface area contributed by atoms with E-state index < -0.39 is 6.10 Å². The van der Waals surface area contributed by atoms with Gasteiger partial charge in [0, 0.05) is 13.1 Å². The third-order valence-electron chi connectivity index (χ3n) is 4.58. The van der Waals surface area contributed by atoms with Gasteiger partial charge >= 0.3 is 0 Å². The van der Waals surface area contributed by atoms with Crippen LogP contribution < -0.4 is 16.5 Å². The van der Waals surface area contributed by atoms with E-state index in [-0.39, 0.29) is 30.0 Å². The molecular formula is C20H36N4O2. The molecule has 6 heteroatoms. The number of hydrogen-bond acceptors (Lipinski definition) is 5. The number of carbonyl (C=O) groups is 1. The lowest BCUT2D eigenvalue weighted by atomic mass is 9.86. The number of carbonyl (C=O) groups excluding carboxylic acids is 1. The second-order valence-corrected chi connectivity index (χ2v) is 8.09. The molecule has 0 aliphatic heterocycles. The highest BCUT2D eigenvalue weighted by Gasteiger charge is 2.32. The van der Waals surface area contributed by atoms with Gasteiger partial charge in [0.1, 0.15) is 0 Å². The van der Waals surface area contributed by atoms with Crippen molar-refractivity contribution in [2.24, 2.45) is 11.3 Å². The van der Waals surface area contributed by atoms with Crippen molar-refractivity contribution in [1.82, 2.24) is 15.6 Å². The maximum Gasteiger partial charge on any atom is 0.237 e. The summed E-state index contributed by atoms with van der Waals surface area (Å²) in [5, 5.41) is 18.2. The van der Waals surface area contributed by atoms with Gasteiger partial charge in [-0.05, 0) is 31.4 Å². The molecule has 1 aromatic rings. The Hall–Kier alpha value is -1.47. The van der Waals surface area contributed by atoms with Gasteiger partial charge in [0.15, 0.2) is 0 Å². The SMILES string of the molecule is CCC(NC(=O)C(NC)C(C)(C)C)[C@@H](O)CN(N)Cc1ccc(C)cc1. The van der Waals surface area contributed by atoms with Gasteiger partial charge < -0.3 is 15.7 Å². The van der Waals surface area contributed by atoms with Crippen LogP contribution in [0.2, 0.25) is 0 Å². The molecule has 1 rings (SSSR count). The Labute approximate surface area is 158 Å². The summed E-state index contributed by atoms with van der Waals surface area (Å²) < 4.78 is 0. The van der Waals surface area contributed by atoms with Crippen molar-refractivity contribution < 1.29 is 9.90 Å². The number of likely N-dealkylation sites (N-methyl/N-ethyl adjacent to an activating group) is 1. The molecule has 1 aromatic carbocycles. The van der Waals surface area contributed by atoms with Crippen LogP contribution in [0.25, 0.3) is 0 Å². The summed E-state index contributed by atoms with van der Waals surface area (Å²) in [4.78, 5) is 12.6. The first-order valence-electron chi connectivity index (χ1n) is 9.29. The second-order valence-electron chi connectivity index (χ2n) is 8.09. The Morgan fingerprint density at radius 1 is 1.27 bits per heavy atom. The Morgan fingerprint density at radius 2 is 1.85 bits per heavy atom. The number of hydrazine groups is 1. The van der Waals surface area contributed by atoms with Crippen LogP contribution in [0.15, 0.2) is 24.3 Å². The van der Waals surface area contributed by atoms with E-state index in [0.717, 1.165) is 5.56 Å². The molecule has 0 aliphatic rings. The average Bonchev–Trinajstić information content (AvgIpc) is 2.53. The first kappa shape index (κ1) is 22.6. The van der Waals surface area contributed by atoms with Gasteiger partial charge in [0.05, 0.1) is 18.2 Å². The summed E-state index contributed by atoms with van der Waals surface area (Å²) in [5.74, 6) is 5.97. The van der Waals surface area contributed by atoms with E-state index in [1.54, 1.807) is 12.1 Å². The molecule has 3 atom stereocenters. The highest BCUT2D eigenvalue weighted by atomic mass is 16.3. The van der Waals surface area contributed by atoms with E-state index in [4.69, 9.17) is 5.84 Å². The number of aliphatic hydroxyl groups is 1. The van der Waals surface area contributed by atoms with Gasteiger partial charge in [-0.2, -0.15) is 0 Å². The highest BCUT2D eigenvalue weighted by Crippen LogP contribution is 2.19. The lowest BCUT2D eigenvalue weighted by molar-refractivity contribution is -0.127. The Bertz CT molecular complexity index is 554. The summed E-state index contributed by atoms with van der Waals surface area (Å²) in [5.41, 5.74) is 2.07. The number of rotatable bonds is 9. The van der Waals surface area contributed by atoms with Crippen molar-refractivity contribution in [2.45, 2.75) is 65.8 Å². The van der Waals surface area contributed by atoms with Crippen molar-refractivity contribution >= 4 is 5.91 Å². The van der Waals surface area contributed by atoms with Crippen LogP contribution in [0.1, 0.15) is 45.2 Å². The van der Waals surface area contributed by atoms with Crippen molar-refractivity contribution in [3.05, 3.63) is 35.4 Å². The number of nitrogens with two attached hydrogens (primary N) is 1. The zero-order valence-electron chi connectivity index (χ0n) is 17.0. The Kier molecular flexibility index (Phi) is 8.70. The zero-order valence-corrected chi connectivity index (χ0v) is 17.0. The lowest BCUT2D eigenvalue weighted by Gasteiger charge is -2.32. The molecule has 0 radical (unpaired) electrons. The molecule has 0 aromatic heterocycles. The predicted octanol–water partition coefficient (Wildman–Crippen LogP) is 1.56. The minimum atomic E-state index is -0.739. The third-order valence-corrected chi connectivity index (χ3v) is 4.58. The molecule has 26 heavy (non-hydrogen) atoms. The molecule has 6 nitrogen and oxygen atoms in total. The monoisotopic (exact) mass is 364 g/mol. The number of amides is 1. The van der Waals surface area contributed by atoms with E-state index in [2.05, 4.69) is 10.6 Å². The van der Waals surface area contributed by atoms with Gasteiger partial charge in [-0.25, -0.2) is 5.01 Å². The first-order valence-corrected chi connectivity index (χ1v) is 9.29. The van der Waals surface area contributed by atoms with Crippen LogP contribution >= 0.6 is 0 Å². The summed E-state index contributed by atoms with van der Waals surface area (Å²) in [6.45, 7) is 10.8. The van der Waals surface area contributed by atoms with E-state index in [1.165, 1.54) is 5.56 Å². The van der Waals surface area contributed by atoms with Gasteiger partial charge in [0.2, 0.25) is 5.91 Å². The van der Waals surface area contributed by atoms with Crippen LogP contribution in [0, 0.1) is 12.3 Å². The van der Waals surface area contributed by atoms with Crippen molar-refractivity contribution in [3.63, 3.8) is 0 Å². The van der Waals surface area contributed by atoms with Crippen LogP contribution in [-0.2, 0) is 11.3 Å². The second kappa shape index (κ2) is 10.0. The fourth-order valence-corrected chi connectivity index (χ4v) is 3.05. The number of hydrogen-bond donors (Lipinski definition) is 4. The molecule has 2 unspecified atom stereocenters. The molecule has 0 heterocycles. The lowest BCUT2D eigenvalue weighted by Crippen LogP contribution is -2.56. The largest absolute Gasteiger partial charge is 0.390 e. The van der Waals surface area contributed by atoms with Crippen LogP contribution in [-0.4, -0.2) is 47.8 Å². The number of aliphatic hydroxyl groups excluding tert-OH is 1. The van der Waals surface area contributed by atoms with Crippen molar-refractivity contribution in [1.29, 1.82) is 0 Å². The molecule has 0 fully saturated rings. The van der Waals surface area contributed by atoms with Crippen LogP contribution in [0.5, 0.6) is 0 Å². The van der Waals surface area contributed by atoms with Crippen LogP contribution in [0.4, 0.5) is 0 Å². The normalized spacial score (nSPS) is 15.6. The smallest absolute Gasteiger partial charge is 0.237 e. The maximum absolute atomic E-state index is 12.6. The minimum absolute atomic E-state index is 0.104. The Balaban J connectivity index is 2.63. The van der Waals surface area contributed by atoms with E-state index in [1.807, 2.05) is 58.9 Å². The summed E-state index contributed by atoms with van der Waals surface area (Å²) in [7, 11) is 1.77. The predicted molar refractivity (Wildman–Crippen MR) is 106 cm³/mol. The molecule has 148 valence electrons. The minimum Gasteiger partial charge on any atom is -0.390 e. The maximum atomic E-state index is 12.6. The van der Waals surface area contributed by atoms with Gasteiger partial charge in [0.25, 0.3) is 0 Å². The summed E-state index contributed by atoms with van der Waals surface area (Å²) in [6.07, 6.45) is -0.108. The molecule has 5 N–H and O–H groups in total. The van der Waals surface area contributed by atoms with Gasteiger partial charge in [-0.1, -0.05) is 57.5 Å². The number of nitrogens with one attached hydrogen (secondary N) is 2. The van der Waals surface area contributed by atoms with Crippen molar-refractivity contribution in [2.75, 3.05) is 13.6 Å². The highest BCUT2D eigenvalue weighted by molar-refractivity contribution is 5.82. The molecule has 0 spiro atoms. The summed E-state index contributed by atoms with van der Waals surface area (Å²) >= 11 is 0. The molecular weight excluding hydrogens is 328 g/mol. The number of nitrogens with zero attached hydrogens (tertiary/aromatic N) is 1. The number of aryl methyl sites for hydroxylation is 1. The third kappa shape index (κ3) is 7.03. The fourth-order valence-electron chi connectivity index (χ4n) is 3.05. The van der Waals surface area contributed by atoms with Crippen molar-refractivity contribution in [3.8, 4) is 0 Å². The topological polar surface area (TPSA) is 90.6 Å². The van der Waals surface area contributed by atoms with E-state index >= 15 is 0 Å². The van der Waals surface area contributed by atoms with Crippen LogP contribution in [0.3, 0.4) is 0 Å². The van der Waals surface area contributed by atoms with E-state index in [0.29, 0.717) is 13.0 Å². The summed E-state index contributed by atoms with van der Waals surface area (Å²) in [6, 6.07) is 7.47. The van der Waals surface area contributed by atoms with Gasteiger partial charge in [-0.15, -0.1) is 0 Å². The Morgan fingerprint density at radius 3 is 2.31 bits per heavy atom. The number of benzene rings is 1. The zero-order chi connectivity index (χ0) is 19.9. The van der Waals surface area contributed by atoms with Gasteiger partial charge in [-0.3, -0.25) is 10.6 Å². The molecule has 0 bridgehead atoms. The standard InChI is InChI=1S/C20H36N4O2/c1-7-16(23-19(26)18(22-6)20(3,4)5)17(25)13-24(21)12-15-10-8-14(2)9-11-15/h8-11,16-18,22,25H,7,12-13,21H2,1-6H3,(H,23,26)/t16?,17-,18?/m0/s1. The average molecular weight is 365 g/mol. The van der Waals surface area contributed by atoms with E-state index in [9.17, 15) is 9.90 Å². The fraction of sp³-hybridized carbons (Fsp3) is 0.650. The molecule has 1 amide bonds. The molecule has 0 aliphatic carbocycles. The molecule has 0 saturated carbocycles. The first-order chi connectivity index (χ1) is 12.1. The molecule has 0 saturated heterocycles. The quantitative estimate of drug-likeness (QED) is 0.394.